The van der Waals surface area contributed by atoms with Crippen molar-refractivity contribution in [2.75, 3.05) is 31.6 Å². The molecule has 4 heteroatoms. The summed E-state index contributed by atoms with van der Waals surface area (Å²) in [5.74, 6) is 0.898. The molecule has 0 radical (unpaired) electrons. The predicted octanol–water partition coefficient (Wildman–Crippen LogP) is 2.70. The first kappa shape index (κ1) is 16.4. The molecule has 1 aromatic rings. The lowest BCUT2D eigenvalue weighted by Crippen LogP contribution is -2.45. The lowest BCUT2D eigenvalue weighted by Gasteiger charge is -2.26. The Labute approximate surface area is 134 Å². The number of nitrogens with one attached hydrogen (secondary N) is 2. The van der Waals surface area contributed by atoms with Gasteiger partial charge in [-0.05, 0) is 38.3 Å². The molecule has 0 saturated heterocycles. The minimum absolute atomic E-state index is 0.491. The molecule has 1 aliphatic rings. The maximum atomic E-state index is 4.31. The van der Waals surface area contributed by atoms with Crippen molar-refractivity contribution in [3.63, 3.8) is 0 Å². The maximum Gasteiger partial charge on any atom is 0.191 e. The molecular weight excluding hydrogens is 272 g/mol. The molecule has 0 aromatic heterocycles. The molecule has 0 atom stereocenters. The first-order valence-electron chi connectivity index (χ1n) is 8.17. The summed E-state index contributed by atoms with van der Waals surface area (Å²) >= 11 is 0. The van der Waals surface area contributed by atoms with Crippen LogP contribution in [-0.2, 0) is 0 Å². The second kappa shape index (κ2) is 8.47. The first-order valence-corrected chi connectivity index (χ1v) is 8.17. The van der Waals surface area contributed by atoms with Crippen molar-refractivity contribution in [2.24, 2.45) is 4.99 Å². The van der Waals surface area contributed by atoms with Gasteiger partial charge < -0.3 is 15.5 Å². The molecule has 0 aliphatic heterocycles. The van der Waals surface area contributed by atoms with Crippen LogP contribution in [0.4, 0.5) is 5.69 Å². The summed E-state index contributed by atoms with van der Waals surface area (Å²) < 4.78 is 0. The number of rotatable bonds is 6. The summed E-state index contributed by atoms with van der Waals surface area (Å²) in [6.07, 6.45) is 6.62. The molecule has 120 valence electrons. The van der Waals surface area contributed by atoms with E-state index in [1.165, 1.54) is 11.3 Å². The number of likely N-dealkylation sites (N-methyl/N-ethyl adjacent to an activating group) is 1. The smallest absolute Gasteiger partial charge is 0.191 e. The van der Waals surface area contributed by atoms with E-state index in [1.54, 1.807) is 0 Å². The normalized spacial score (nSPS) is 15.1. The summed E-state index contributed by atoms with van der Waals surface area (Å²) in [6.45, 7) is 7.21. The van der Waals surface area contributed by atoms with Gasteiger partial charge in [0, 0.05) is 38.4 Å². The largest absolute Gasteiger partial charge is 0.370 e. The monoisotopic (exact) mass is 300 g/mol. The number of benzene rings is 1. The van der Waals surface area contributed by atoms with Crippen molar-refractivity contribution >= 4 is 11.6 Å². The Kier molecular flexibility index (Phi) is 6.31. The minimum atomic E-state index is 0.491. The molecule has 0 fully saturated rings. The Morgan fingerprint density at radius 1 is 1.27 bits per heavy atom. The van der Waals surface area contributed by atoms with Gasteiger partial charge in [0.05, 0.1) is 0 Å². The molecule has 2 N–H and O–H groups in total. The van der Waals surface area contributed by atoms with Crippen molar-refractivity contribution in [1.29, 1.82) is 0 Å². The maximum absolute atomic E-state index is 4.31. The van der Waals surface area contributed by atoms with Crippen LogP contribution in [0.2, 0.25) is 0 Å². The number of guanidine groups is 1. The molecule has 1 aliphatic carbocycles. The van der Waals surface area contributed by atoms with Crippen LogP contribution in [0.25, 0.3) is 0 Å². The third-order valence-electron chi connectivity index (χ3n) is 4.08. The van der Waals surface area contributed by atoms with E-state index in [4.69, 9.17) is 0 Å². The number of hydrogen-bond donors (Lipinski definition) is 2. The fraction of sp³-hybridized carbons (Fsp3) is 0.500. The van der Waals surface area contributed by atoms with Crippen LogP contribution in [0.3, 0.4) is 0 Å². The Hall–Kier alpha value is -1.97. The number of nitrogens with zero attached hydrogens (tertiary/aromatic N) is 2. The highest BCUT2D eigenvalue weighted by Gasteiger charge is 2.12. The summed E-state index contributed by atoms with van der Waals surface area (Å²) in [4.78, 5) is 6.71. The van der Waals surface area contributed by atoms with Gasteiger partial charge in [-0.2, -0.15) is 0 Å². The number of hydrogen-bond acceptors (Lipinski definition) is 2. The van der Waals surface area contributed by atoms with E-state index in [0.29, 0.717) is 6.04 Å². The SMILES string of the molecule is CCN(CCNC(=NC)NC1CC=CC1)c1ccccc1C. The number of para-hydroxylation sites is 1. The Morgan fingerprint density at radius 3 is 2.64 bits per heavy atom. The van der Waals surface area contributed by atoms with E-state index in [1.807, 2.05) is 7.05 Å². The van der Waals surface area contributed by atoms with Gasteiger partial charge in [-0.1, -0.05) is 30.4 Å². The number of aryl methyl sites for hydroxylation is 1. The Morgan fingerprint density at radius 2 is 2.00 bits per heavy atom. The molecule has 4 nitrogen and oxygen atoms in total. The minimum Gasteiger partial charge on any atom is -0.370 e. The van der Waals surface area contributed by atoms with E-state index >= 15 is 0 Å². The molecule has 0 saturated carbocycles. The van der Waals surface area contributed by atoms with Crippen molar-refractivity contribution in [3.05, 3.63) is 42.0 Å². The van der Waals surface area contributed by atoms with Crippen molar-refractivity contribution in [2.45, 2.75) is 32.7 Å². The van der Waals surface area contributed by atoms with E-state index in [2.05, 4.69) is 70.8 Å². The highest BCUT2D eigenvalue weighted by atomic mass is 15.2. The van der Waals surface area contributed by atoms with Gasteiger partial charge >= 0.3 is 0 Å². The van der Waals surface area contributed by atoms with Crippen molar-refractivity contribution < 1.29 is 0 Å². The quantitative estimate of drug-likeness (QED) is 0.482. The van der Waals surface area contributed by atoms with Crippen molar-refractivity contribution in [3.8, 4) is 0 Å². The molecule has 0 spiro atoms. The third kappa shape index (κ3) is 4.52. The van der Waals surface area contributed by atoms with Gasteiger partial charge in [-0.3, -0.25) is 4.99 Å². The van der Waals surface area contributed by atoms with Gasteiger partial charge in [0.15, 0.2) is 5.96 Å². The van der Waals surface area contributed by atoms with E-state index in [-0.39, 0.29) is 0 Å². The fourth-order valence-electron chi connectivity index (χ4n) is 2.80. The molecule has 0 bridgehead atoms. The molecule has 0 amide bonds. The van der Waals surface area contributed by atoms with Gasteiger partial charge in [0.1, 0.15) is 0 Å². The van der Waals surface area contributed by atoms with Crippen LogP contribution >= 0.6 is 0 Å². The average molecular weight is 300 g/mol. The zero-order chi connectivity index (χ0) is 15.8. The van der Waals surface area contributed by atoms with Crippen LogP contribution in [0.15, 0.2) is 41.4 Å². The molecule has 0 heterocycles. The zero-order valence-corrected chi connectivity index (χ0v) is 14.0. The van der Waals surface area contributed by atoms with Crippen LogP contribution in [-0.4, -0.2) is 38.7 Å². The van der Waals surface area contributed by atoms with Crippen molar-refractivity contribution in [1.82, 2.24) is 10.6 Å². The molecule has 0 unspecified atom stereocenters. The van der Waals surface area contributed by atoms with Crippen LogP contribution < -0.4 is 15.5 Å². The Balaban J connectivity index is 1.81. The summed E-state index contributed by atoms with van der Waals surface area (Å²) in [7, 11) is 1.83. The second-order valence-electron chi connectivity index (χ2n) is 5.65. The zero-order valence-electron chi connectivity index (χ0n) is 14.0. The Bertz CT molecular complexity index is 514. The fourth-order valence-corrected chi connectivity index (χ4v) is 2.80. The van der Waals surface area contributed by atoms with E-state index in [0.717, 1.165) is 38.4 Å². The van der Waals surface area contributed by atoms with Gasteiger partial charge in [-0.25, -0.2) is 0 Å². The first-order chi connectivity index (χ1) is 10.7. The second-order valence-corrected chi connectivity index (χ2v) is 5.65. The van der Waals surface area contributed by atoms with Crippen LogP contribution in [0, 0.1) is 6.92 Å². The topological polar surface area (TPSA) is 39.7 Å². The lowest BCUT2D eigenvalue weighted by atomic mass is 10.2. The van der Waals surface area contributed by atoms with Gasteiger partial charge in [-0.15, -0.1) is 0 Å². The standard InChI is InChI=1S/C18H28N4/c1-4-22(17-12-8-5-9-15(17)2)14-13-20-18(19-3)21-16-10-6-7-11-16/h5-9,12,16H,4,10-11,13-14H2,1-3H3,(H2,19,20,21). The van der Waals surface area contributed by atoms with Crippen LogP contribution in [0.1, 0.15) is 25.3 Å². The molecular formula is C18H28N4. The number of anilines is 1. The van der Waals surface area contributed by atoms with E-state index in [9.17, 15) is 0 Å². The molecule has 2 rings (SSSR count). The molecule has 22 heavy (non-hydrogen) atoms. The summed E-state index contributed by atoms with van der Waals surface area (Å²) in [6, 6.07) is 9.04. The highest BCUT2D eigenvalue weighted by molar-refractivity contribution is 5.80. The van der Waals surface area contributed by atoms with Crippen LogP contribution in [0.5, 0.6) is 0 Å². The van der Waals surface area contributed by atoms with Gasteiger partial charge in [0.25, 0.3) is 0 Å². The summed E-state index contributed by atoms with van der Waals surface area (Å²) in [5, 5.41) is 6.89. The predicted molar refractivity (Wildman–Crippen MR) is 95.7 cm³/mol. The van der Waals surface area contributed by atoms with E-state index < -0.39 is 0 Å². The van der Waals surface area contributed by atoms with Gasteiger partial charge in [0.2, 0.25) is 0 Å². The molecule has 1 aromatic carbocycles. The average Bonchev–Trinajstić information content (AvgIpc) is 3.04. The lowest BCUT2D eigenvalue weighted by molar-refractivity contribution is 0.631. The highest BCUT2D eigenvalue weighted by Crippen LogP contribution is 2.18. The summed E-state index contributed by atoms with van der Waals surface area (Å²) in [5.41, 5.74) is 2.64. The third-order valence-corrected chi connectivity index (χ3v) is 4.08. The number of aliphatic imine (C=N–C) groups is 1.